The van der Waals surface area contributed by atoms with Gasteiger partial charge in [0.2, 0.25) is 0 Å². The molecule has 4 nitrogen and oxygen atoms in total. The maximum atomic E-state index is 12.4. The normalized spacial score (nSPS) is 10.2. The Morgan fingerprint density at radius 2 is 2.05 bits per heavy atom. The van der Waals surface area contributed by atoms with E-state index >= 15 is 0 Å². The van der Waals surface area contributed by atoms with Crippen molar-refractivity contribution in [3.05, 3.63) is 57.2 Å². The molecular weight excluding hydrogens is 314 g/mol. The average Bonchev–Trinajstić information content (AvgIpc) is 3.17. The number of carbonyl (C=O) groups is 1. The number of aromatic nitrogens is 1. The van der Waals surface area contributed by atoms with E-state index in [1.165, 1.54) is 11.3 Å². The Hall–Kier alpha value is -2.49. The summed E-state index contributed by atoms with van der Waals surface area (Å²) in [5.74, 6) is -0.179. The van der Waals surface area contributed by atoms with Crippen molar-refractivity contribution in [2.45, 2.75) is 6.92 Å². The number of anilines is 1. The molecule has 0 aliphatic rings. The number of nitriles is 1. The average molecular weight is 325 g/mol. The maximum Gasteiger partial charge on any atom is 0.267 e. The lowest BCUT2D eigenvalue weighted by atomic mass is 10.2. The number of aryl methyl sites for hydroxylation is 1. The Kier molecular flexibility index (Phi) is 4.00. The Bertz CT molecular complexity index is 843. The highest BCUT2D eigenvalue weighted by molar-refractivity contribution is 7.17. The van der Waals surface area contributed by atoms with Gasteiger partial charge in [0.05, 0.1) is 17.3 Å². The third kappa shape index (κ3) is 2.91. The molecule has 3 rings (SSSR count). The van der Waals surface area contributed by atoms with Gasteiger partial charge in [0.15, 0.2) is 0 Å². The molecule has 108 valence electrons. The summed E-state index contributed by atoms with van der Waals surface area (Å²) in [5, 5.41) is 16.5. The maximum absolute atomic E-state index is 12.4. The molecule has 3 aromatic rings. The first-order chi connectivity index (χ1) is 10.7. The molecule has 0 aliphatic heterocycles. The van der Waals surface area contributed by atoms with Crippen LogP contribution in [0.3, 0.4) is 0 Å². The molecule has 1 amide bonds. The number of hydrogen-bond acceptors (Lipinski definition) is 5. The van der Waals surface area contributed by atoms with Gasteiger partial charge >= 0.3 is 0 Å². The van der Waals surface area contributed by atoms with E-state index in [4.69, 9.17) is 5.26 Å². The van der Waals surface area contributed by atoms with Gasteiger partial charge in [-0.05, 0) is 42.6 Å². The number of amides is 1. The second-order valence-corrected chi connectivity index (χ2v) is 6.37. The Labute approximate surface area is 135 Å². The van der Waals surface area contributed by atoms with Gasteiger partial charge in [-0.15, -0.1) is 11.3 Å². The lowest BCUT2D eigenvalue weighted by Gasteiger charge is -2.03. The summed E-state index contributed by atoms with van der Waals surface area (Å²) in [6.45, 7) is 1.83. The van der Waals surface area contributed by atoms with Crippen LogP contribution in [0.15, 0.2) is 41.1 Å². The van der Waals surface area contributed by atoms with Crippen LogP contribution in [0.2, 0.25) is 0 Å². The molecule has 0 unspecified atom stereocenters. The van der Waals surface area contributed by atoms with Gasteiger partial charge in [-0.2, -0.15) is 16.6 Å². The summed E-state index contributed by atoms with van der Waals surface area (Å²) in [7, 11) is 0. The number of nitrogens with zero attached hydrogens (tertiary/aromatic N) is 2. The number of nitrogens with one attached hydrogen (secondary N) is 1. The van der Waals surface area contributed by atoms with Crippen molar-refractivity contribution in [1.29, 1.82) is 5.26 Å². The van der Waals surface area contributed by atoms with Crippen LogP contribution in [0.25, 0.3) is 10.6 Å². The van der Waals surface area contributed by atoms with Crippen LogP contribution in [-0.2, 0) is 0 Å². The molecule has 0 bridgehead atoms. The highest BCUT2D eigenvalue weighted by Crippen LogP contribution is 2.29. The quantitative estimate of drug-likeness (QED) is 0.780. The van der Waals surface area contributed by atoms with Gasteiger partial charge in [0.1, 0.15) is 9.88 Å². The molecule has 0 atom stereocenters. The van der Waals surface area contributed by atoms with E-state index in [1.54, 1.807) is 35.6 Å². The van der Waals surface area contributed by atoms with Crippen LogP contribution < -0.4 is 5.32 Å². The summed E-state index contributed by atoms with van der Waals surface area (Å²) in [6, 6.07) is 10.8. The highest BCUT2D eigenvalue weighted by Gasteiger charge is 2.16. The first kappa shape index (κ1) is 14.4. The van der Waals surface area contributed by atoms with E-state index in [2.05, 4.69) is 10.3 Å². The summed E-state index contributed by atoms with van der Waals surface area (Å²) >= 11 is 2.99. The smallest absolute Gasteiger partial charge is 0.267 e. The van der Waals surface area contributed by atoms with Crippen molar-refractivity contribution >= 4 is 34.3 Å². The standard InChI is InChI=1S/C16H11N3OS2/c1-10-14(22-16(18-10)12-6-7-21-9-12)15(20)19-13-4-2-11(8-17)3-5-13/h2-7,9H,1H3,(H,19,20). The fourth-order valence-corrected chi connectivity index (χ4v) is 3.61. The number of hydrogen-bond donors (Lipinski definition) is 1. The molecular formula is C16H11N3OS2. The Balaban J connectivity index is 1.81. The van der Waals surface area contributed by atoms with Crippen LogP contribution in [-0.4, -0.2) is 10.9 Å². The molecule has 0 radical (unpaired) electrons. The predicted octanol–water partition coefficient (Wildman–Crippen LogP) is 4.30. The predicted molar refractivity (Wildman–Crippen MR) is 89.3 cm³/mol. The zero-order valence-electron chi connectivity index (χ0n) is 11.7. The molecule has 6 heteroatoms. The fourth-order valence-electron chi connectivity index (χ4n) is 1.93. The van der Waals surface area contributed by atoms with Gasteiger partial charge in [0.25, 0.3) is 5.91 Å². The lowest BCUT2D eigenvalue weighted by Crippen LogP contribution is -2.11. The minimum Gasteiger partial charge on any atom is -0.321 e. The van der Waals surface area contributed by atoms with E-state index in [-0.39, 0.29) is 5.91 Å². The second-order valence-electron chi connectivity index (χ2n) is 4.59. The lowest BCUT2D eigenvalue weighted by molar-refractivity contribution is 0.103. The number of rotatable bonds is 3. The van der Waals surface area contributed by atoms with Crippen LogP contribution in [0.5, 0.6) is 0 Å². The molecule has 1 N–H and O–H groups in total. The van der Waals surface area contributed by atoms with Crippen LogP contribution >= 0.6 is 22.7 Å². The van der Waals surface area contributed by atoms with E-state index in [0.717, 1.165) is 16.3 Å². The van der Waals surface area contributed by atoms with Gasteiger partial charge < -0.3 is 5.32 Å². The van der Waals surface area contributed by atoms with Crippen LogP contribution in [0, 0.1) is 18.3 Å². The summed E-state index contributed by atoms with van der Waals surface area (Å²) in [4.78, 5) is 17.4. The number of benzene rings is 1. The van der Waals surface area contributed by atoms with Gasteiger partial charge in [-0.3, -0.25) is 4.79 Å². The van der Waals surface area contributed by atoms with E-state index < -0.39 is 0 Å². The van der Waals surface area contributed by atoms with Gasteiger partial charge in [-0.25, -0.2) is 4.98 Å². The summed E-state index contributed by atoms with van der Waals surface area (Å²) in [5.41, 5.74) is 2.98. The molecule has 2 heterocycles. The molecule has 0 spiro atoms. The topological polar surface area (TPSA) is 65.8 Å². The number of thiazole rings is 1. The van der Waals surface area contributed by atoms with Crippen LogP contribution in [0.4, 0.5) is 5.69 Å². The summed E-state index contributed by atoms with van der Waals surface area (Å²) < 4.78 is 0. The minimum absolute atomic E-state index is 0.179. The number of thiophene rings is 1. The third-order valence-corrected chi connectivity index (χ3v) is 4.93. The van der Waals surface area contributed by atoms with Crippen molar-refractivity contribution in [2.24, 2.45) is 0 Å². The fraction of sp³-hybridized carbons (Fsp3) is 0.0625. The van der Waals surface area contributed by atoms with Crippen molar-refractivity contribution < 1.29 is 4.79 Å². The highest BCUT2D eigenvalue weighted by atomic mass is 32.1. The van der Waals surface area contributed by atoms with Crippen molar-refractivity contribution in [3.63, 3.8) is 0 Å². The second kappa shape index (κ2) is 6.10. The van der Waals surface area contributed by atoms with E-state index in [1.807, 2.05) is 29.8 Å². The SMILES string of the molecule is Cc1nc(-c2ccsc2)sc1C(=O)Nc1ccc(C#N)cc1. The first-order valence-corrected chi connectivity index (χ1v) is 8.25. The monoisotopic (exact) mass is 325 g/mol. The summed E-state index contributed by atoms with van der Waals surface area (Å²) in [6.07, 6.45) is 0. The molecule has 0 aliphatic carbocycles. The molecule has 1 aromatic carbocycles. The third-order valence-electron chi connectivity index (χ3n) is 3.04. The molecule has 0 saturated heterocycles. The van der Waals surface area contributed by atoms with Gasteiger partial charge in [0, 0.05) is 16.6 Å². The van der Waals surface area contributed by atoms with Crippen LogP contribution in [0.1, 0.15) is 20.9 Å². The largest absolute Gasteiger partial charge is 0.321 e. The van der Waals surface area contributed by atoms with E-state index in [9.17, 15) is 4.79 Å². The molecule has 2 aromatic heterocycles. The van der Waals surface area contributed by atoms with E-state index in [0.29, 0.717) is 16.1 Å². The van der Waals surface area contributed by atoms with Crippen molar-refractivity contribution in [1.82, 2.24) is 4.98 Å². The molecule has 22 heavy (non-hydrogen) atoms. The zero-order chi connectivity index (χ0) is 15.5. The Morgan fingerprint density at radius 3 is 2.68 bits per heavy atom. The van der Waals surface area contributed by atoms with Crippen molar-refractivity contribution in [2.75, 3.05) is 5.32 Å². The number of carbonyl (C=O) groups excluding carboxylic acids is 1. The zero-order valence-corrected chi connectivity index (χ0v) is 13.3. The Morgan fingerprint density at radius 1 is 1.27 bits per heavy atom. The van der Waals surface area contributed by atoms with Gasteiger partial charge in [-0.1, -0.05) is 0 Å². The molecule has 0 saturated carbocycles. The van der Waals surface area contributed by atoms with Crippen molar-refractivity contribution in [3.8, 4) is 16.6 Å². The first-order valence-electron chi connectivity index (χ1n) is 6.49. The molecule has 0 fully saturated rings. The minimum atomic E-state index is -0.179.